The maximum absolute atomic E-state index is 13.1. The van der Waals surface area contributed by atoms with Crippen LogP contribution in [-0.4, -0.2) is 9.97 Å². The van der Waals surface area contributed by atoms with Gasteiger partial charge in [-0.25, -0.2) is 9.97 Å². The predicted octanol–water partition coefficient (Wildman–Crippen LogP) is 7.79. The molecule has 1 N–H and O–H groups in total. The largest absolute Gasteiger partial charge is 0.416 e. The van der Waals surface area contributed by atoms with Crippen molar-refractivity contribution in [3.63, 3.8) is 0 Å². The van der Waals surface area contributed by atoms with E-state index in [-0.39, 0.29) is 0 Å². The van der Waals surface area contributed by atoms with E-state index >= 15 is 0 Å². The highest BCUT2D eigenvalue weighted by Crippen LogP contribution is 2.38. The van der Waals surface area contributed by atoms with Crippen LogP contribution in [0.4, 0.5) is 24.7 Å². The fourth-order valence-electron chi connectivity index (χ4n) is 3.57. The third-order valence-electron chi connectivity index (χ3n) is 5.13. The molecule has 0 unspecified atom stereocenters. The number of thiophene rings is 1. The van der Waals surface area contributed by atoms with Crippen molar-refractivity contribution in [1.29, 1.82) is 0 Å². The Bertz CT molecular complexity index is 1380. The Kier molecular flexibility index (Phi) is 5.11. The summed E-state index contributed by atoms with van der Waals surface area (Å²) < 4.78 is 39.3. The highest BCUT2D eigenvalue weighted by Gasteiger charge is 2.30. The molecule has 32 heavy (non-hydrogen) atoms. The molecule has 0 spiro atoms. The van der Waals surface area contributed by atoms with Gasteiger partial charge in [0.1, 0.15) is 17.0 Å². The van der Waals surface area contributed by atoms with Gasteiger partial charge in [-0.05, 0) is 34.9 Å². The van der Waals surface area contributed by atoms with Gasteiger partial charge in [0.25, 0.3) is 0 Å². The second kappa shape index (κ2) is 8.09. The van der Waals surface area contributed by atoms with Gasteiger partial charge in [-0.2, -0.15) is 13.2 Å². The molecule has 0 saturated carbocycles. The van der Waals surface area contributed by atoms with Crippen molar-refractivity contribution >= 4 is 33.1 Å². The maximum atomic E-state index is 13.1. The summed E-state index contributed by atoms with van der Waals surface area (Å²) in [5, 5.41) is 5.82. The molecule has 5 rings (SSSR count). The molecule has 0 amide bonds. The van der Waals surface area contributed by atoms with Crippen LogP contribution in [0.5, 0.6) is 0 Å². The number of halogens is 3. The van der Waals surface area contributed by atoms with Crippen molar-refractivity contribution in [3.8, 4) is 22.3 Å². The van der Waals surface area contributed by atoms with Crippen LogP contribution in [0.1, 0.15) is 5.56 Å². The second-order valence-corrected chi connectivity index (χ2v) is 8.06. The van der Waals surface area contributed by atoms with Crippen LogP contribution in [0, 0.1) is 0 Å². The molecule has 158 valence electrons. The lowest BCUT2D eigenvalue weighted by molar-refractivity contribution is -0.137. The first-order valence-electron chi connectivity index (χ1n) is 9.81. The third kappa shape index (κ3) is 3.94. The molecule has 0 aliphatic carbocycles. The molecule has 0 atom stereocenters. The Balaban J connectivity index is 1.53. The van der Waals surface area contributed by atoms with E-state index in [1.54, 1.807) is 6.07 Å². The van der Waals surface area contributed by atoms with E-state index in [1.807, 2.05) is 35.7 Å². The van der Waals surface area contributed by atoms with Gasteiger partial charge in [0, 0.05) is 16.6 Å². The number of hydrogen-bond donors (Lipinski definition) is 1. The normalized spacial score (nSPS) is 11.6. The Morgan fingerprint density at radius 2 is 1.47 bits per heavy atom. The minimum atomic E-state index is -4.41. The van der Waals surface area contributed by atoms with E-state index in [0.29, 0.717) is 11.5 Å². The molecule has 0 radical (unpaired) electrons. The Hall–Kier alpha value is -3.71. The number of hydrogen-bond acceptors (Lipinski definition) is 4. The highest BCUT2D eigenvalue weighted by atomic mass is 32.1. The zero-order valence-corrected chi connectivity index (χ0v) is 17.4. The van der Waals surface area contributed by atoms with Crippen LogP contribution in [0.3, 0.4) is 0 Å². The van der Waals surface area contributed by atoms with Crippen LogP contribution in [0.2, 0.25) is 0 Å². The molecular formula is C25H16F3N3S. The lowest BCUT2D eigenvalue weighted by Crippen LogP contribution is -2.05. The molecule has 0 saturated heterocycles. The first-order chi connectivity index (χ1) is 15.5. The molecule has 0 fully saturated rings. The summed E-state index contributed by atoms with van der Waals surface area (Å²) in [5.74, 6) is 0.470. The SMILES string of the molecule is FC(F)(F)c1cccc(Nc2ncnc3scc(-c4ccc(-c5ccccc5)cc4)c23)c1. The van der Waals surface area contributed by atoms with Gasteiger partial charge in [0.05, 0.1) is 10.9 Å². The lowest BCUT2D eigenvalue weighted by atomic mass is 10.0. The van der Waals surface area contributed by atoms with Crippen LogP contribution in [0.15, 0.2) is 90.6 Å². The summed E-state index contributed by atoms with van der Waals surface area (Å²) >= 11 is 1.47. The zero-order valence-electron chi connectivity index (χ0n) is 16.6. The van der Waals surface area contributed by atoms with E-state index < -0.39 is 11.7 Å². The molecule has 3 nitrogen and oxygen atoms in total. The van der Waals surface area contributed by atoms with Gasteiger partial charge < -0.3 is 5.32 Å². The summed E-state index contributed by atoms with van der Waals surface area (Å²) in [6.45, 7) is 0. The summed E-state index contributed by atoms with van der Waals surface area (Å²) in [4.78, 5) is 9.42. The summed E-state index contributed by atoms with van der Waals surface area (Å²) in [6, 6.07) is 23.3. The number of rotatable bonds is 4. The molecule has 0 aliphatic rings. The molecule has 5 aromatic rings. The average Bonchev–Trinajstić information content (AvgIpc) is 3.25. The number of nitrogens with one attached hydrogen (secondary N) is 1. The number of nitrogens with zero attached hydrogens (tertiary/aromatic N) is 2. The minimum absolute atomic E-state index is 0.316. The second-order valence-electron chi connectivity index (χ2n) is 7.20. The average molecular weight is 447 g/mol. The van der Waals surface area contributed by atoms with E-state index in [1.165, 1.54) is 23.7 Å². The van der Waals surface area contributed by atoms with Gasteiger partial charge in [0.15, 0.2) is 0 Å². The van der Waals surface area contributed by atoms with E-state index in [2.05, 4.69) is 39.6 Å². The van der Waals surface area contributed by atoms with Gasteiger partial charge in [-0.15, -0.1) is 11.3 Å². The van der Waals surface area contributed by atoms with Gasteiger partial charge in [-0.1, -0.05) is 60.7 Å². The molecule has 7 heteroatoms. The first kappa shape index (κ1) is 20.2. The summed E-state index contributed by atoms with van der Waals surface area (Å²) in [7, 11) is 0. The number of benzene rings is 3. The fraction of sp³-hybridized carbons (Fsp3) is 0.0400. The van der Waals surface area contributed by atoms with Crippen LogP contribution >= 0.6 is 11.3 Å². The lowest BCUT2D eigenvalue weighted by Gasteiger charge is -2.11. The molecule has 2 aromatic heterocycles. The van der Waals surface area contributed by atoms with Crippen molar-refractivity contribution in [2.45, 2.75) is 6.18 Å². The van der Waals surface area contributed by atoms with Gasteiger partial charge in [-0.3, -0.25) is 0 Å². The van der Waals surface area contributed by atoms with Crippen LogP contribution < -0.4 is 5.32 Å². The smallest absolute Gasteiger partial charge is 0.340 e. The standard InChI is InChI=1S/C25H16F3N3S/c26-25(27,28)19-7-4-8-20(13-19)31-23-22-21(14-32-24(22)30-15-29-23)18-11-9-17(10-12-18)16-5-2-1-3-6-16/h1-15H,(H,29,30,31). The topological polar surface area (TPSA) is 37.8 Å². The number of fused-ring (bicyclic) bond motifs is 1. The van der Waals surface area contributed by atoms with Crippen molar-refractivity contribution in [2.24, 2.45) is 0 Å². The fourth-order valence-corrected chi connectivity index (χ4v) is 4.48. The van der Waals surface area contributed by atoms with Crippen LogP contribution in [-0.2, 0) is 6.18 Å². The maximum Gasteiger partial charge on any atom is 0.416 e. The van der Waals surface area contributed by atoms with E-state index in [0.717, 1.165) is 44.6 Å². The summed E-state index contributed by atoms with van der Waals surface area (Å²) in [5.41, 5.74) is 3.75. The van der Waals surface area contributed by atoms with Crippen molar-refractivity contribution in [1.82, 2.24) is 9.97 Å². The van der Waals surface area contributed by atoms with Crippen molar-refractivity contribution < 1.29 is 13.2 Å². The molecule has 2 heterocycles. The third-order valence-corrected chi connectivity index (χ3v) is 6.01. The monoisotopic (exact) mass is 447 g/mol. The predicted molar refractivity (Wildman–Crippen MR) is 123 cm³/mol. The number of alkyl halides is 3. The number of aromatic nitrogens is 2. The molecular weight excluding hydrogens is 431 g/mol. The number of anilines is 2. The molecule has 3 aromatic carbocycles. The minimum Gasteiger partial charge on any atom is -0.340 e. The Morgan fingerprint density at radius 3 is 2.22 bits per heavy atom. The van der Waals surface area contributed by atoms with Crippen molar-refractivity contribution in [2.75, 3.05) is 5.32 Å². The Labute approximate surface area is 186 Å². The van der Waals surface area contributed by atoms with Gasteiger partial charge in [0.2, 0.25) is 0 Å². The molecule has 0 aliphatic heterocycles. The quantitative estimate of drug-likeness (QED) is 0.306. The van der Waals surface area contributed by atoms with Crippen LogP contribution in [0.25, 0.3) is 32.5 Å². The van der Waals surface area contributed by atoms with E-state index in [4.69, 9.17) is 0 Å². The Morgan fingerprint density at radius 1 is 0.750 bits per heavy atom. The van der Waals surface area contributed by atoms with Gasteiger partial charge >= 0.3 is 6.18 Å². The first-order valence-corrected chi connectivity index (χ1v) is 10.7. The molecule has 0 bridgehead atoms. The highest BCUT2D eigenvalue weighted by molar-refractivity contribution is 7.17. The zero-order chi connectivity index (χ0) is 22.1. The van der Waals surface area contributed by atoms with E-state index in [9.17, 15) is 13.2 Å². The van der Waals surface area contributed by atoms with Crippen molar-refractivity contribution in [3.05, 3.63) is 96.1 Å². The summed E-state index contributed by atoms with van der Waals surface area (Å²) in [6.07, 6.45) is -3.00.